The predicted octanol–water partition coefficient (Wildman–Crippen LogP) is 0.830. The Bertz CT molecular complexity index is 816. The molecule has 3 rings (SSSR count). The molecule has 7 nitrogen and oxygen atoms in total. The number of hydrogen-bond donors (Lipinski definition) is 3. The molecule has 1 fully saturated rings. The van der Waals surface area contributed by atoms with E-state index in [4.69, 9.17) is 5.73 Å². The molecule has 4 N–H and O–H groups in total. The SMILES string of the molecule is CC(C)(O)Cn1c(N)nc2cc(S(=O)(=O)NC3CC3)ccc21. The molecule has 2 aromatic rings. The summed E-state index contributed by atoms with van der Waals surface area (Å²) in [6, 6.07) is 4.77. The highest BCUT2D eigenvalue weighted by Crippen LogP contribution is 2.26. The summed E-state index contributed by atoms with van der Waals surface area (Å²) in [4.78, 5) is 4.38. The van der Waals surface area contributed by atoms with Crippen LogP contribution in [0.25, 0.3) is 11.0 Å². The third-order valence-electron chi connectivity index (χ3n) is 3.50. The molecular weight excluding hydrogens is 304 g/mol. The Labute approximate surface area is 129 Å². The Morgan fingerprint density at radius 2 is 2.14 bits per heavy atom. The number of imidazole rings is 1. The van der Waals surface area contributed by atoms with Gasteiger partial charge in [-0.15, -0.1) is 0 Å². The van der Waals surface area contributed by atoms with Crippen LogP contribution < -0.4 is 10.5 Å². The van der Waals surface area contributed by atoms with Crippen LogP contribution in [0.4, 0.5) is 5.95 Å². The molecule has 0 radical (unpaired) electrons. The summed E-state index contributed by atoms with van der Waals surface area (Å²) in [6.07, 6.45) is 1.77. The number of fused-ring (bicyclic) bond motifs is 1. The first-order chi connectivity index (χ1) is 10.2. The van der Waals surface area contributed by atoms with Crippen LogP contribution in [-0.2, 0) is 16.6 Å². The number of anilines is 1. The van der Waals surface area contributed by atoms with Crippen LogP contribution >= 0.6 is 0 Å². The normalized spacial score (nSPS) is 16.3. The zero-order chi connectivity index (χ0) is 16.1. The smallest absolute Gasteiger partial charge is 0.240 e. The molecule has 0 unspecified atom stereocenters. The lowest BCUT2D eigenvalue weighted by Gasteiger charge is -2.19. The average Bonchev–Trinajstić information content (AvgIpc) is 3.12. The Morgan fingerprint density at radius 1 is 1.45 bits per heavy atom. The van der Waals surface area contributed by atoms with Crippen molar-refractivity contribution in [1.82, 2.24) is 14.3 Å². The van der Waals surface area contributed by atoms with E-state index in [0.717, 1.165) is 12.8 Å². The zero-order valence-electron chi connectivity index (χ0n) is 12.6. The standard InChI is InChI=1S/C14H20N4O3S/c1-14(2,19)8-18-12-6-5-10(7-11(12)16-13(18)15)22(20,21)17-9-3-4-9/h5-7,9,17,19H,3-4,8H2,1-2H3,(H2,15,16). The molecule has 8 heteroatoms. The Hall–Kier alpha value is -1.64. The molecular formula is C14H20N4O3S. The van der Waals surface area contributed by atoms with Gasteiger partial charge in [0, 0.05) is 6.04 Å². The van der Waals surface area contributed by atoms with Crippen molar-refractivity contribution in [2.75, 3.05) is 5.73 Å². The van der Waals surface area contributed by atoms with Gasteiger partial charge in [0.05, 0.1) is 28.1 Å². The maximum Gasteiger partial charge on any atom is 0.240 e. The quantitative estimate of drug-likeness (QED) is 0.754. The van der Waals surface area contributed by atoms with E-state index < -0.39 is 15.6 Å². The van der Waals surface area contributed by atoms with Gasteiger partial charge in [-0.05, 0) is 44.9 Å². The maximum atomic E-state index is 12.2. The van der Waals surface area contributed by atoms with Gasteiger partial charge in [0.15, 0.2) is 0 Å². The summed E-state index contributed by atoms with van der Waals surface area (Å²) < 4.78 is 28.8. The van der Waals surface area contributed by atoms with Gasteiger partial charge in [0.1, 0.15) is 0 Å². The highest BCUT2D eigenvalue weighted by atomic mass is 32.2. The summed E-state index contributed by atoms with van der Waals surface area (Å²) in [7, 11) is -3.52. The first kappa shape index (κ1) is 15.3. The van der Waals surface area contributed by atoms with Crippen molar-refractivity contribution in [2.45, 2.75) is 49.8 Å². The van der Waals surface area contributed by atoms with Crippen LogP contribution in [0.2, 0.25) is 0 Å². The van der Waals surface area contributed by atoms with Crippen LogP contribution in [0, 0.1) is 0 Å². The van der Waals surface area contributed by atoms with Crippen molar-refractivity contribution in [3.63, 3.8) is 0 Å². The fourth-order valence-corrected chi connectivity index (χ4v) is 3.66. The van der Waals surface area contributed by atoms with Gasteiger partial charge in [0.25, 0.3) is 0 Å². The second-order valence-electron chi connectivity index (χ2n) is 6.41. The third-order valence-corrected chi connectivity index (χ3v) is 5.02. The van der Waals surface area contributed by atoms with Crippen molar-refractivity contribution in [3.05, 3.63) is 18.2 Å². The number of benzene rings is 1. The third kappa shape index (κ3) is 3.08. The lowest BCUT2D eigenvalue weighted by Crippen LogP contribution is -2.27. The molecule has 22 heavy (non-hydrogen) atoms. The number of aromatic nitrogens is 2. The molecule has 0 saturated heterocycles. The van der Waals surface area contributed by atoms with Gasteiger partial charge in [0.2, 0.25) is 16.0 Å². The molecule has 1 aromatic heterocycles. The molecule has 0 spiro atoms. The summed E-state index contributed by atoms with van der Waals surface area (Å²) in [5.74, 6) is 0.252. The largest absolute Gasteiger partial charge is 0.389 e. The number of rotatable bonds is 5. The van der Waals surface area contributed by atoms with Gasteiger partial charge in [-0.1, -0.05) is 0 Å². The first-order valence-electron chi connectivity index (χ1n) is 7.16. The summed E-state index contributed by atoms with van der Waals surface area (Å²) in [5, 5.41) is 9.95. The number of hydrogen-bond acceptors (Lipinski definition) is 5. The first-order valence-corrected chi connectivity index (χ1v) is 8.64. The van der Waals surface area contributed by atoms with E-state index in [1.54, 1.807) is 24.5 Å². The van der Waals surface area contributed by atoms with Gasteiger partial charge in [-0.25, -0.2) is 18.1 Å². The monoisotopic (exact) mass is 324 g/mol. The van der Waals surface area contributed by atoms with Gasteiger partial charge < -0.3 is 15.4 Å². The molecule has 1 aromatic carbocycles. The zero-order valence-corrected chi connectivity index (χ0v) is 13.4. The van der Waals surface area contributed by atoms with Gasteiger partial charge >= 0.3 is 0 Å². The minimum Gasteiger partial charge on any atom is -0.389 e. The average molecular weight is 324 g/mol. The van der Waals surface area contributed by atoms with Crippen molar-refractivity contribution in [3.8, 4) is 0 Å². The van der Waals surface area contributed by atoms with Crippen LogP contribution in [0.15, 0.2) is 23.1 Å². The minimum atomic E-state index is -3.52. The van der Waals surface area contributed by atoms with Crippen LogP contribution in [0.1, 0.15) is 26.7 Å². The second kappa shape index (κ2) is 4.94. The van der Waals surface area contributed by atoms with Crippen molar-refractivity contribution in [2.24, 2.45) is 0 Å². The minimum absolute atomic E-state index is 0.0542. The van der Waals surface area contributed by atoms with E-state index in [0.29, 0.717) is 11.0 Å². The number of nitrogens with one attached hydrogen (secondary N) is 1. The molecule has 0 amide bonds. The van der Waals surface area contributed by atoms with E-state index in [9.17, 15) is 13.5 Å². The molecule has 1 heterocycles. The molecule has 0 atom stereocenters. The van der Waals surface area contributed by atoms with E-state index in [1.807, 2.05) is 0 Å². The topological polar surface area (TPSA) is 110 Å². The fraction of sp³-hybridized carbons (Fsp3) is 0.500. The molecule has 1 saturated carbocycles. The Morgan fingerprint density at radius 3 is 2.73 bits per heavy atom. The summed E-state index contributed by atoms with van der Waals surface area (Å²) >= 11 is 0. The molecule has 1 aliphatic rings. The summed E-state index contributed by atoms with van der Waals surface area (Å²) in [5.41, 5.74) is 6.14. The Balaban J connectivity index is 2.01. The van der Waals surface area contributed by atoms with Crippen LogP contribution in [0.3, 0.4) is 0 Å². The van der Waals surface area contributed by atoms with Crippen molar-refractivity contribution < 1.29 is 13.5 Å². The van der Waals surface area contributed by atoms with E-state index >= 15 is 0 Å². The second-order valence-corrected chi connectivity index (χ2v) is 8.13. The predicted molar refractivity (Wildman–Crippen MR) is 83.8 cm³/mol. The Kier molecular flexibility index (Phi) is 3.42. The number of sulfonamides is 1. The molecule has 120 valence electrons. The van der Waals surface area contributed by atoms with E-state index in [-0.39, 0.29) is 23.4 Å². The van der Waals surface area contributed by atoms with E-state index in [1.165, 1.54) is 12.1 Å². The number of nitrogens with two attached hydrogens (primary N) is 1. The number of nitrogens with zero attached hydrogens (tertiary/aromatic N) is 2. The fourth-order valence-electron chi connectivity index (χ4n) is 2.34. The van der Waals surface area contributed by atoms with Gasteiger partial charge in [-0.3, -0.25) is 0 Å². The molecule has 0 aliphatic heterocycles. The van der Waals surface area contributed by atoms with Crippen LogP contribution in [-0.4, -0.2) is 34.7 Å². The number of aliphatic hydroxyl groups is 1. The summed E-state index contributed by atoms with van der Waals surface area (Å²) in [6.45, 7) is 3.63. The van der Waals surface area contributed by atoms with E-state index in [2.05, 4.69) is 9.71 Å². The van der Waals surface area contributed by atoms with Crippen LogP contribution in [0.5, 0.6) is 0 Å². The lowest BCUT2D eigenvalue weighted by atomic mass is 10.1. The van der Waals surface area contributed by atoms with Crippen molar-refractivity contribution in [1.29, 1.82) is 0 Å². The lowest BCUT2D eigenvalue weighted by molar-refractivity contribution is 0.0633. The van der Waals surface area contributed by atoms with Gasteiger partial charge in [-0.2, -0.15) is 0 Å². The molecule has 0 bridgehead atoms. The highest BCUT2D eigenvalue weighted by molar-refractivity contribution is 7.89. The molecule has 1 aliphatic carbocycles. The maximum absolute atomic E-state index is 12.2. The highest BCUT2D eigenvalue weighted by Gasteiger charge is 2.28. The number of nitrogen functional groups attached to an aromatic ring is 1. The van der Waals surface area contributed by atoms with Crippen molar-refractivity contribution >= 4 is 27.0 Å².